The van der Waals surface area contributed by atoms with Crippen LogP contribution in [0.25, 0.3) is 0 Å². The number of carbonyl (C=O) groups excluding carboxylic acids is 2. The van der Waals surface area contributed by atoms with E-state index in [0.717, 1.165) is 5.56 Å². The molecule has 4 heteroatoms. The van der Waals surface area contributed by atoms with Gasteiger partial charge in [0.1, 0.15) is 5.60 Å². The summed E-state index contributed by atoms with van der Waals surface area (Å²) in [7, 11) is 0. The summed E-state index contributed by atoms with van der Waals surface area (Å²) in [6.45, 7) is 3.55. The van der Waals surface area contributed by atoms with E-state index in [1.165, 1.54) is 18.2 Å². The van der Waals surface area contributed by atoms with Gasteiger partial charge >= 0.3 is 12.0 Å². The number of ether oxygens (including phenoxy) is 1. The van der Waals surface area contributed by atoms with Gasteiger partial charge in [0.2, 0.25) is 0 Å². The van der Waals surface area contributed by atoms with Crippen LogP contribution in [0.3, 0.4) is 0 Å². The van der Waals surface area contributed by atoms with Gasteiger partial charge in [-0.15, -0.1) is 0 Å². The van der Waals surface area contributed by atoms with Gasteiger partial charge in [-0.05, 0) is 31.5 Å². The molecule has 2 aromatic rings. The number of halogens is 1. The lowest BCUT2D eigenvalue weighted by molar-refractivity contribution is -0.000889. The second kappa shape index (κ2) is 6.52. The molecule has 0 aliphatic rings. The first-order valence-electron chi connectivity index (χ1n) is 6.95. The average molecular weight is 300 g/mol. The summed E-state index contributed by atoms with van der Waals surface area (Å²) >= 11 is 0. The zero-order valence-corrected chi connectivity index (χ0v) is 12.5. The predicted octanol–water partition coefficient (Wildman–Crippen LogP) is 3.97. The van der Waals surface area contributed by atoms with E-state index in [-0.39, 0.29) is 11.1 Å². The molecule has 0 heterocycles. The first-order valence-corrected chi connectivity index (χ1v) is 6.95. The Kier molecular flexibility index (Phi) is 4.71. The minimum atomic E-state index is -1.64. The highest BCUT2D eigenvalue weighted by molar-refractivity contribution is 6.02. The maximum absolute atomic E-state index is 13.0. The minimum absolute atomic E-state index is 0.0591. The van der Waals surface area contributed by atoms with Crippen LogP contribution in [0.1, 0.15) is 40.1 Å². The Hall–Kier alpha value is -2.49. The third-order valence-electron chi connectivity index (χ3n) is 3.20. The largest absolute Gasteiger partial charge is 0.456 e. The van der Waals surface area contributed by atoms with Crippen molar-refractivity contribution in [2.45, 2.75) is 25.9 Å². The second-order valence-corrected chi connectivity index (χ2v) is 5.63. The summed E-state index contributed by atoms with van der Waals surface area (Å²) < 4.78 is 18.4. The molecular weight excluding hydrogens is 283 g/mol. The Balaban J connectivity index is 2.16. The van der Waals surface area contributed by atoms with Crippen molar-refractivity contribution in [1.29, 1.82) is 0 Å². The second-order valence-electron chi connectivity index (χ2n) is 5.63. The SMILES string of the molecule is CC(C)(Cc1ccccc1)OC(=O)c1ccccc1C(=O)F. The van der Waals surface area contributed by atoms with E-state index in [4.69, 9.17) is 4.74 Å². The smallest absolute Gasteiger partial charge is 0.339 e. The van der Waals surface area contributed by atoms with E-state index in [0.29, 0.717) is 6.42 Å². The maximum atomic E-state index is 13.0. The van der Waals surface area contributed by atoms with Gasteiger partial charge in [-0.3, -0.25) is 4.79 Å². The molecule has 0 fully saturated rings. The van der Waals surface area contributed by atoms with Crippen molar-refractivity contribution >= 4 is 12.0 Å². The lowest BCUT2D eigenvalue weighted by Gasteiger charge is -2.25. The summed E-state index contributed by atoms with van der Waals surface area (Å²) in [5, 5.41) is 0. The van der Waals surface area contributed by atoms with Crippen LogP contribution in [-0.2, 0) is 11.2 Å². The summed E-state index contributed by atoms with van der Waals surface area (Å²) in [4.78, 5) is 23.2. The maximum Gasteiger partial charge on any atom is 0.339 e. The van der Waals surface area contributed by atoms with Crippen molar-refractivity contribution in [3.63, 3.8) is 0 Å². The van der Waals surface area contributed by atoms with Gasteiger partial charge in [0, 0.05) is 6.42 Å². The van der Waals surface area contributed by atoms with E-state index in [1.54, 1.807) is 19.9 Å². The number of benzene rings is 2. The molecule has 0 aliphatic carbocycles. The van der Waals surface area contributed by atoms with E-state index in [2.05, 4.69) is 0 Å². The number of rotatable bonds is 5. The topological polar surface area (TPSA) is 43.4 Å². The Bertz CT molecular complexity index is 678. The van der Waals surface area contributed by atoms with E-state index >= 15 is 0 Å². The zero-order chi connectivity index (χ0) is 16.2. The monoisotopic (exact) mass is 300 g/mol. The molecule has 0 spiro atoms. The van der Waals surface area contributed by atoms with Crippen molar-refractivity contribution in [3.8, 4) is 0 Å². The van der Waals surface area contributed by atoms with Crippen molar-refractivity contribution in [2.75, 3.05) is 0 Å². The van der Waals surface area contributed by atoms with Gasteiger partial charge in [0.15, 0.2) is 0 Å². The molecule has 0 unspecified atom stereocenters. The van der Waals surface area contributed by atoms with Gasteiger partial charge in [-0.25, -0.2) is 4.79 Å². The van der Waals surface area contributed by atoms with Crippen molar-refractivity contribution in [1.82, 2.24) is 0 Å². The molecule has 2 rings (SSSR count). The average Bonchev–Trinajstić information content (AvgIpc) is 2.47. The highest BCUT2D eigenvalue weighted by atomic mass is 19.1. The summed E-state index contributed by atoms with van der Waals surface area (Å²) in [6.07, 6.45) is 0.519. The molecule has 0 saturated carbocycles. The zero-order valence-electron chi connectivity index (χ0n) is 12.5. The summed E-state index contributed by atoms with van der Waals surface area (Å²) in [6, 6.07) is 13.7. The fraction of sp³-hybridized carbons (Fsp3) is 0.222. The normalized spacial score (nSPS) is 11.0. The third-order valence-corrected chi connectivity index (χ3v) is 3.20. The lowest BCUT2D eigenvalue weighted by Crippen LogP contribution is -2.31. The lowest BCUT2D eigenvalue weighted by atomic mass is 9.98. The van der Waals surface area contributed by atoms with Gasteiger partial charge < -0.3 is 4.74 Å². The molecule has 3 nitrogen and oxygen atoms in total. The Morgan fingerprint density at radius 2 is 1.50 bits per heavy atom. The number of hydrogen-bond acceptors (Lipinski definition) is 3. The van der Waals surface area contributed by atoms with E-state index < -0.39 is 17.6 Å². The van der Waals surface area contributed by atoms with Gasteiger partial charge in [-0.2, -0.15) is 4.39 Å². The number of esters is 1. The highest BCUT2D eigenvalue weighted by Crippen LogP contribution is 2.21. The van der Waals surface area contributed by atoms with E-state index in [1.807, 2.05) is 30.3 Å². The molecule has 0 radical (unpaired) electrons. The van der Waals surface area contributed by atoms with Crippen LogP contribution in [0.4, 0.5) is 4.39 Å². The Labute approximate surface area is 128 Å². The number of hydrogen-bond donors (Lipinski definition) is 0. The fourth-order valence-electron chi connectivity index (χ4n) is 2.26. The summed E-state index contributed by atoms with van der Waals surface area (Å²) in [5.41, 5.74) is -0.0837. The molecule has 114 valence electrons. The van der Waals surface area contributed by atoms with Crippen LogP contribution >= 0.6 is 0 Å². The standard InChI is InChI=1S/C18H17FO3/c1-18(2,12-13-8-4-3-5-9-13)22-17(21)15-11-7-6-10-14(15)16(19)20/h3-11H,12H2,1-2H3. The van der Waals surface area contributed by atoms with Gasteiger partial charge in [0.25, 0.3) is 0 Å². The van der Waals surface area contributed by atoms with Crippen molar-refractivity contribution < 1.29 is 18.7 Å². The molecule has 0 N–H and O–H groups in total. The van der Waals surface area contributed by atoms with Crippen LogP contribution in [0.2, 0.25) is 0 Å². The molecule has 0 bridgehead atoms. The van der Waals surface area contributed by atoms with E-state index in [9.17, 15) is 14.0 Å². The molecular formula is C18H17FO3. The van der Waals surface area contributed by atoms with Crippen LogP contribution in [-0.4, -0.2) is 17.6 Å². The van der Waals surface area contributed by atoms with Gasteiger partial charge in [-0.1, -0.05) is 42.5 Å². The molecule has 0 saturated heterocycles. The summed E-state index contributed by atoms with van der Waals surface area (Å²) in [5.74, 6) is -0.706. The molecule has 2 aromatic carbocycles. The Morgan fingerprint density at radius 3 is 2.09 bits per heavy atom. The third kappa shape index (κ3) is 4.01. The van der Waals surface area contributed by atoms with Crippen LogP contribution < -0.4 is 0 Å². The van der Waals surface area contributed by atoms with Crippen molar-refractivity contribution in [2.24, 2.45) is 0 Å². The first-order chi connectivity index (χ1) is 10.4. The predicted molar refractivity (Wildman–Crippen MR) is 81.5 cm³/mol. The minimum Gasteiger partial charge on any atom is -0.456 e. The first kappa shape index (κ1) is 15.9. The molecule has 0 atom stereocenters. The fourth-order valence-corrected chi connectivity index (χ4v) is 2.26. The van der Waals surface area contributed by atoms with Crippen molar-refractivity contribution in [3.05, 3.63) is 71.3 Å². The molecule has 0 aliphatic heterocycles. The van der Waals surface area contributed by atoms with Crippen LogP contribution in [0, 0.1) is 0 Å². The van der Waals surface area contributed by atoms with Crippen LogP contribution in [0.5, 0.6) is 0 Å². The Morgan fingerprint density at radius 1 is 0.955 bits per heavy atom. The molecule has 0 aromatic heterocycles. The van der Waals surface area contributed by atoms with Crippen LogP contribution in [0.15, 0.2) is 54.6 Å². The number of carbonyl (C=O) groups is 2. The molecule has 0 amide bonds. The molecule has 22 heavy (non-hydrogen) atoms. The van der Waals surface area contributed by atoms with Gasteiger partial charge in [0.05, 0.1) is 11.1 Å². The quantitative estimate of drug-likeness (QED) is 0.620. The highest BCUT2D eigenvalue weighted by Gasteiger charge is 2.26.